The van der Waals surface area contributed by atoms with Crippen LogP contribution < -0.4 is 5.32 Å². The molecule has 0 bridgehead atoms. The summed E-state index contributed by atoms with van der Waals surface area (Å²) in [6.07, 6.45) is 0. The second-order valence-electron chi connectivity index (χ2n) is 5.41. The number of non-ortho nitro benzene ring substituents is 1. The number of carboxylic acids is 1. The number of nitrogens with zero attached hydrogens (tertiary/aromatic N) is 3. The molecule has 2 aromatic carbocycles. The zero-order chi connectivity index (χ0) is 18.7. The fourth-order valence-corrected chi connectivity index (χ4v) is 2.50. The summed E-state index contributed by atoms with van der Waals surface area (Å²) in [6, 6.07) is 9.94. The second kappa shape index (κ2) is 7.09. The van der Waals surface area contributed by atoms with Gasteiger partial charge in [0.2, 0.25) is 0 Å². The molecule has 0 atom stereocenters. The lowest BCUT2D eigenvalue weighted by Gasteiger charge is -2.09. The Morgan fingerprint density at radius 2 is 2.04 bits per heavy atom. The molecule has 1 aliphatic heterocycles. The third kappa shape index (κ3) is 3.56. The molecule has 9 heteroatoms. The van der Waals surface area contributed by atoms with Crippen LogP contribution in [0.15, 0.2) is 52.4 Å². The van der Waals surface area contributed by atoms with Gasteiger partial charge in [0.15, 0.2) is 0 Å². The number of hydrogen-bond donors (Lipinski definition) is 2. The maximum absolute atomic E-state index is 14.3. The van der Waals surface area contributed by atoms with Gasteiger partial charge in [0, 0.05) is 23.3 Å². The fraction of sp³-hybridized carbons (Fsp3) is 0.118. The van der Waals surface area contributed by atoms with Crippen molar-refractivity contribution in [1.82, 2.24) is 5.32 Å². The van der Waals surface area contributed by atoms with Gasteiger partial charge in [-0.15, -0.1) is 0 Å². The minimum atomic E-state index is -1.07. The number of fused-ring (bicyclic) bond motifs is 1. The minimum absolute atomic E-state index is 0.0145. The standard InChI is InChI=1S/C17H13FN4O4/c18-13-4-2-1-3-11(13)17-12-7-10(22(25)26)5-6-14(12)21-15(8-20-17)19-9-16(23)24/h1-7H,8-9H2,(H,19,21)(H,23,24). The fourth-order valence-electron chi connectivity index (χ4n) is 2.50. The minimum Gasteiger partial charge on any atom is -0.480 e. The maximum atomic E-state index is 14.3. The molecule has 0 aromatic heterocycles. The van der Waals surface area contributed by atoms with Crippen molar-refractivity contribution in [1.29, 1.82) is 0 Å². The molecule has 0 aliphatic carbocycles. The highest BCUT2D eigenvalue weighted by Crippen LogP contribution is 2.29. The lowest BCUT2D eigenvalue weighted by Crippen LogP contribution is -2.31. The number of aliphatic imine (C=N–C) groups is 2. The monoisotopic (exact) mass is 356 g/mol. The van der Waals surface area contributed by atoms with Crippen LogP contribution in [0, 0.1) is 15.9 Å². The Bertz CT molecular complexity index is 956. The summed E-state index contributed by atoms with van der Waals surface area (Å²) >= 11 is 0. The van der Waals surface area contributed by atoms with Crippen LogP contribution in [0.4, 0.5) is 15.8 Å². The van der Waals surface area contributed by atoms with Gasteiger partial charge < -0.3 is 10.4 Å². The zero-order valence-electron chi connectivity index (χ0n) is 13.3. The third-order valence-electron chi connectivity index (χ3n) is 3.66. The van der Waals surface area contributed by atoms with Gasteiger partial charge in [-0.25, -0.2) is 9.38 Å². The predicted molar refractivity (Wildman–Crippen MR) is 92.7 cm³/mol. The quantitative estimate of drug-likeness (QED) is 0.644. The van der Waals surface area contributed by atoms with Crippen molar-refractivity contribution >= 4 is 28.9 Å². The number of carboxylic acid groups (broad SMARTS) is 1. The molecule has 132 valence electrons. The van der Waals surface area contributed by atoms with Crippen molar-refractivity contribution in [2.24, 2.45) is 9.98 Å². The van der Waals surface area contributed by atoms with Gasteiger partial charge in [-0.1, -0.05) is 12.1 Å². The first-order chi connectivity index (χ1) is 12.5. The molecule has 1 heterocycles. The molecule has 0 radical (unpaired) electrons. The van der Waals surface area contributed by atoms with E-state index in [1.165, 1.54) is 36.4 Å². The molecule has 2 aromatic rings. The van der Waals surface area contributed by atoms with Crippen molar-refractivity contribution in [2.75, 3.05) is 13.1 Å². The number of nitro groups is 1. The van der Waals surface area contributed by atoms with Crippen LogP contribution in [-0.4, -0.2) is 40.6 Å². The molecule has 0 amide bonds. The molecule has 8 nitrogen and oxygen atoms in total. The van der Waals surface area contributed by atoms with Crippen LogP contribution in [-0.2, 0) is 4.79 Å². The van der Waals surface area contributed by atoms with Gasteiger partial charge in [-0.05, 0) is 18.2 Å². The summed E-state index contributed by atoms with van der Waals surface area (Å²) in [7, 11) is 0. The normalized spacial score (nSPS) is 13.1. The Morgan fingerprint density at radius 3 is 2.73 bits per heavy atom. The number of nitrogens with one attached hydrogen (secondary N) is 1. The van der Waals surface area contributed by atoms with Gasteiger partial charge in [-0.3, -0.25) is 19.9 Å². The number of rotatable bonds is 4. The third-order valence-corrected chi connectivity index (χ3v) is 3.66. The van der Waals surface area contributed by atoms with Gasteiger partial charge in [0.25, 0.3) is 5.69 Å². The van der Waals surface area contributed by atoms with Crippen LogP contribution in [0.3, 0.4) is 0 Å². The Morgan fingerprint density at radius 1 is 1.27 bits per heavy atom. The van der Waals surface area contributed by atoms with E-state index in [0.29, 0.717) is 11.3 Å². The molecule has 26 heavy (non-hydrogen) atoms. The molecule has 0 fully saturated rings. The molecule has 0 spiro atoms. The van der Waals surface area contributed by atoms with E-state index < -0.39 is 16.7 Å². The highest BCUT2D eigenvalue weighted by atomic mass is 19.1. The predicted octanol–water partition coefficient (Wildman–Crippen LogP) is 2.29. The van der Waals surface area contributed by atoms with Gasteiger partial charge in [0.1, 0.15) is 18.2 Å². The lowest BCUT2D eigenvalue weighted by atomic mass is 9.99. The molecule has 0 saturated carbocycles. The molecule has 0 unspecified atom stereocenters. The Kier molecular flexibility index (Phi) is 4.70. The molecule has 0 saturated heterocycles. The molecular weight excluding hydrogens is 343 g/mol. The zero-order valence-corrected chi connectivity index (χ0v) is 13.3. The topological polar surface area (TPSA) is 117 Å². The largest absolute Gasteiger partial charge is 0.480 e. The SMILES string of the molecule is O=C(O)CNC1=Nc2ccc([N+](=O)[O-])cc2C(c2ccccc2F)=NC1. The summed E-state index contributed by atoms with van der Waals surface area (Å²) in [6.45, 7) is -0.370. The van der Waals surface area contributed by atoms with Crippen LogP contribution in [0.1, 0.15) is 11.1 Å². The first kappa shape index (κ1) is 17.2. The highest BCUT2D eigenvalue weighted by Gasteiger charge is 2.21. The van der Waals surface area contributed by atoms with Crippen LogP contribution in [0.2, 0.25) is 0 Å². The number of benzene rings is 2. The Labute approximate surface area is 146 Å². The van der Waals surface area contributed by atoms with Crippen molar-refractivity contribution < 1.29 is 19.2 Å². The second-order valence-corrected chi connectivity index (χ2v) is 5.41. The van der Waals surface area contributed by atoms with E-state index in [1.54, 1.807) is 6.07 Å². The average Bonchev–Trinajstić information content (AvgIpc) is 2.79. The number of hydrogen-bond acceptors (Lipinski definition) is 6. The van der Waals surface area contributed by atoms with E-state index >= 15 is 0 Å². The van der Waals surface area contributed by atoms with E-state index in [-0.39, 0.29) is 35.9 Å². The number of halogens is 1. The van der Waals surface area contributed by atoms with Crippen LogP contribution >= 0.6 is 0 Å². The smallest absolute Gasteiger partial charge is 0.322 e. The molecular formula is C17H13FN4O4. The van der Waals surface area contributed by atoms with Gasteiger partial charge in [-0.2, -0.15) is 0 Å². The maximum Gasteiger partial charge on any atom is 0.322 e. The first-order valence-corrected chi connectivity index (χ1v) is 7.57. The Balaban J connectivity index is 2.13. The van der Waals surface area contributed by atoms with Crippen LogP contribution in [0.5, 0.6) is 0 Å². The van der Waals surface area contributed by atoms with E-state index in [1.807, 2.05) is 0 Å². The average molecular weight is 356 g/mol. The summed E-state index contributed by atoms with van der Waals surface area (Å²) < 4.78 is 14.3. The molecule has 2 N–H and O–H groups in total. The molecule has 3 rings (SSSR count). The summed E-state index contributed by atoms with van der Waals surface area (Å²) in [4.78, 5) is 29.9. The number of aliphatic carboxylic acids is 1. The van der Waals surface area contributed by atoms with Gasteiger partial charge >= 0.3 is 5.97 Å². The summed E-state index contributed by atoms with van der Waals surface area (Å²) in [5, 5.41) is 22.5. The van der Waals surface area contributed by atoms with Crippen molar-refractivity contribution in [3.63, 3.8) is 0 Å². The van der Waals surface area contributed by atoms with E-state index in [0.717, 1.165) is 0 Å². The van der Waals surface area contributed by atoms with Crippen molar-refractivity contribution in [3.05, 3.63) is 69.5 Å². The number of amidine groups is 1. The lowest BCUT2D eigenvalue weighted by molar-refractivity contribution is -0.384. The van der Waals surface area contributed by atoms with Crippen LogP contribution in [0.25, 0.3) is 0 Å². The van der Waals surface area contributed by atoms with E-state index in [9.17, 15) is 19.3 Å². The number of nitro benzene ring substituents is 1. The van der Waals surface area contributed by atoms with Crippen molar-refractivity contribution in [2.45, 2.75) is 0 Å². The number of carbonyl (C=O) groups is 1. The van der Waals surface area contributed by atoms with E-state index in [2.05, 4.69) is 15.3 Å². The first-order valence-electron chi connectivity index (χ1n) is 7.57. The summed E-state index contributed by atoms with van der Waals surface area (Å²) in [5.74, 6) is -1.32. The molecule has 1 aliphatic rings. The summed E-state index contributed by atoms with van der Waals surface area (Å²) in [5.41, 5.74) is 0.867. The van der Waals surface area contributed by atoms with E-state index in [4.69, 9.17) is 5.11 Å². The Hall–Kier alpha value is -3.62. The highest BCUT2D eigenvalue weighted by molar-refractivity contribution is 6.17. The van der Waals surface area contributed by atoms with Gasteiger partial charge in [0.05, 0.1) is 22.9 Å². The van der Waals surface area contributed by atoms with Crippen molar-refractivity contribution in [3.8, 4) is 0 Å².